The molecule has 0 aliphatic carbocycles. The molecule has 14 heavy (non-hydrogen) atoms. The van der Waals surface area contributed by atoms with Gasteiger partial charge >= 0.3 is 0 Å². The Labute approximate surface area is 89.9 Å². The number of likely N-dealkylation sites (tertiary alicyclic amines) is 1. The lowest BCUT2D eigenvalue weighted by Gasteiger charge is -2.35. The molecule has 1 rings (SSSR count). The van der Waals surface area contributed by atoms with E-state index in [1.807, 2.05) is 0 Å². The summed E-state index contributed by atoms with van der Waals surface area (Å²) >= 11 is 0. The summed E-state index contributed by atoms with van der Waals surface area (Å²) in [7, 11) is 0. The van der Waals surface area contributed by atoms with Gasteiger partial charge in [0.05, 0.1) is 0 Å². The number of hydrogen-bond donors (Lipinski definition) is 0. The first-order valence-electron chi connectivity index (χ1n) is 6.32. The molecule has 1 heterocycles. The normalized spacial score (nSPS) is 24.9. The van der Waals surface area contributed by atoms with Crippen molar-refractivity contribution in [1.29, 1.82) is 0 Å². The lowest BCUT2D eigenvalue weighted by Crippen LogP contribution is -2.38. The van der Waals surface area contributed by atoms with Gasteiger partial charge < -0.3 is 4.90 Å². The Bertz CT molecular complexity index is 151. The molecule has 0 aromatic heterocycles. The molecule has 1 nitrogen and oxygen atoms in total. The Balaban J connectivity index is 2.25. The van der Waals surface area contributed by atoms with E-state index in [1.54, 1.807) is 0 Å². The van der Waals surface area contributed by atoms with E-state index in [0.717, 1.165) is 17.8 Å². The lowest BCUT2D eigenvalue weighted by atomic mass is 9.88. The molecule has 1 saturated heterocycles. The van der Waals surface area contributed by atoms with Crippen LogP contribution in [0, 0.1) is 17.8 Å². The summed E-state index contributed by atoms with van der Waals surface area (Å²) in [5, 5.41) is 0. The number of nitrogens with zero attached hydrogens (tertiary/aromatic N) is 1. The third-order valence-corrected chi connectivity index (χ3v) is 3.51. The maximum atomic E-state index is 2.67. The summed E-state index contributed by atoms with van der Waals surface area (Å²) in [5.41, 5.74) is 0. The van der Waals surface area contributed by atoms with Gasteiger partial charge in [-0.2, -0.15) is 0 Å². The second-order valence-electron chi connectivity index (χ2n) is 5.63. The molecule has 0 amide bonds. The fraction of sp³-hybridized carbons (Fsp3) is 1.00. The average molecular weight is 197 g/mol. The van der Waals surface area contributed by atoms with E-state index in [2.05, 4.69) is 32.6 Å². The van der Waals surface area contributed by atoms with Gasteiger partial charge in [-0.3, -0.25) is 0 Å². The van der Waals surface area contributed by atoms with Gasteiger partial charge in [0.2, 0.25) is 0 Å². The third kappa shape index (κ3) is 4.00. The molecule has 0 N–H and O–H groups in total. The smallest absolute Gasteiger partial charge is 0.00121 e. The number of rotatable bonds is 4. The van der Waals surface area contributed by atoms with E-state index in [-0.39, 0.29) is 0 Å². The highest BCUT2D eigenvalue weighted by atomic mass is 15.1. The zero-order valence-corrected chi connectivity index (χ0v) is 10.4. The van der Waals surface area contributed by atoms with E-state index in [0.29, 0.717) is 0 Å². The zero-order chi connectivity index (χ0) is 10.6. The topological polar surface area (TPSA) is 3.24 Å². The molecular weight excluding hydrogens is 170 g/mol. The molecule has 0 radical (unpaired) electrons. The fourth-order valence-corrected chi connectivity index (χ4v) is 2.28. The SMILES string of the molecule is CC(C)CCN1CCCC(C(C)C)C1. The van der Waals surface area contributed by atoms with Gasteiger partial charge in [-0.1, -0.05) is 27.7 Å². The highest BCUT2D eigenvalue weighted by Gasteiger charge is 2.21. The van der Waals surface area contributed by atoms with Crippen molar-refractivity contribution in [3.63, 3.8) is 0 Å². The Morgan fingerprint density at radius 3 is 2.50 bits per heavy atom. The van der Waals surface area contributed by atoms with E-state index in [4.69, 9.17) is 0 Å². The molecule has 1 unspecified atom stereocenters. The summed E-state index contributed by atoms with van der Waals surface area (Å²) in [5.74, 6) is 2.68. The van der Waals surface area contributed by atoms with Crippen molar-refractivity contribution in [2.45, 2.75) is 47.0 Å². The molecule has 1 atom stereocenters. The average Bonchev–Trinajstić information content (AvgIpc) is 2.15. The number of piperidine rings is 1. The molecular formula is C13H27N. The molecule has 0 spiro atoms. The zero-order valence-electron chi connectivity index (χ0n) is 10.4. The van der Waals surface area contributed by atoms with E-state index >= 15 is 0 Å². The molecule has 1 aliphatic rings. The van der Waals surface area contributed by atoms with Crippen LogP contribution in [0.4, 0.5) is 0 Å². The minimum Gasteiger partial charge on any atom is -0.303 e. The van der Waals surface area contributed by atoms with Crippen LogP contribution in [0.15, 0.2) is 0 Å². The van der Waals surface area contributed by atoms with Gasteiger partial charge in [0.25, 0.3) is 0 Å². The van der Waals surface area contributed by atoms with Gasteiger partial charge in [0.15, 0.2) is 0 Å². The minimum atomic E-state index is 0.856. The predicted molar refractivity (Wildman–Crippen MR) is 63.5 cm³/mol. The highest BCUT2D eigenvalue weighted by Crippen LogP contribution is 2.23. The molecule has 1 fully saturated rings. The van der Waals surface area contributed by atoms with Crippen LogP contribution in [0.2, 0.25) is 0 Å². The summed E-state index contributed by atoms with van der Waals surface area (Å²) in [6, 6.07) is 0. The van der Waals surface area contributed by atoms with Crippen molar-refractivity contribution in [3.8, 4) is 0 Å². The second kappa shape index (κ2) is 5.75. The molecule has 0 aromatic rings. The first-order chi connectivity index (χ1) is 6.59. The van der Waals surface area contributed by atoms with Gasteiger partial charge in [-0.05, 0) is 50.1 Å². The van der Waals surface area contributed by atoms with Crippen LogP contribution in [-0.4, -0.2) is 24.5 Å². The van der Waals surface area contributed by atoms with E-state index in [1.165, 1.54) is 38.9 Å². The maximum Gasteiger partial charge on any atom is 0.00121 e. The van der Waals surface area contributed by atoms with Gasteiger partial charge in [0, 0.05) is 6.54 Å². The molecule has 0 bridgehead atoms. The largest absolute Gasteiger partial charge is 0.303 e. The van der Waals surface area contributed by atoms with Crippen LogP contribution in [-0.2, 0) is 0 Å². The summed E-state index contributed by atoms with van der Waals surface area (Å²) in [4.78, 5) is 2.67. The highest BCUT2D eigenvalue weighted by molar-refractivity contribution is 4.75. The summed E-state index contributed by atoms with van der Waals surface area (Å²) < 4.78 is 0. The molecule has 0 saturated carbocycles. The fourth-order valence-electron chi connectivity index (χ4n) is 2.28. The van der Waals surface area contributed by atoms with Crippen molar-refractivity contribution >= 4 is 0 Å². The van der Waals surface area contributed by atoms with Crippen LogP contribution in [0.1, 0.15) is 47.0 Å². The van der Waals surface area contributed by atoms with Gasteiger partial charge in [0.1, 0.15) is 0 Å². The molecule has 0 aromatic carbocycles. The van der Waals surface area contributed by atoms with Gasteiger partial charge in [-0.15, -0.1) is 0 Å². The van der Waals surface area contributed by atoms with Crippen LogP contribution >= 0.6 is 0 Å². The monoisotopic (exact) mass is 197 g/mol. The van der Waals surface area contributed by atoms with E-state index < -0.39 is 0 Å². The quantitative estimate of drug-likeness (QED) is 0.667. The lowest BCUT2D eigenvalue weighted by molar-refractivity contribution is 0.140. The standard InChI is InChI=1S/C13H27N/c1-11(2)7-9-14-8-5-6-13(10-14)12(3)4/h11-13H,5-10H2,1-4H3. The third-order valence-electron chi connectivity index (χ3n) is 3.51. The van der Waals surface area contributed by atoms with Gasteiger partial charge in [-0.25, -0.2) is 0 Å². The Morgan fingerprint density at radius 1 is 1.21 bits per heavy atom. The molecule has 84 valence electrons. The molecule has 1 aliphatic heterocycles. The number of hydrogen-bond acceptors (Lipinski definition) is 1. The first kappa shape index (κ1) is 12.0. The van der Waals surface area contributed by atoms with Crippen molar-refractivity contribution < 1.29 is 0 Å². The van der Waals surface area contributed by atoms with Crippen molar-refractivity contribution in [2.75, 3.05) is 19.6 Å². The van der Waals surface area contributed by atoms with Crippen molar-refractivity contribution in [3.05, 3.63) is 0 Å². The van der Waals surface area contributed by atoms with Crippen molar-refractivity contribution in [1.82, 2.24) is 4.90 Å². The predicted octanol–water partition coefficient (Wildman–Crippen LogP) is 3.40. The van der Waals surface area contributed by atoms with E-state index in [9.17, 15) is 0 Å². The first-order valence-corrected chi connectivity index (χ1v) is 6.32. The van der Waals surface area contributed by atoms with Crippen LogP contribution in [0.3, 0.4) is 0 Å². The summed E-state index contributed by atoms with van der Waals surface area (Å²) in [6.07, 6.45) is 4.24. The Morgan fingerprint density at radius 2 is 1.93 bits per heavy atom. The van der Waals surface area contributed by atoms with Crippen LogP contribution < -0.4 is 0 Å². The maximum absolute atomic E-state index is 2.67. The second-order valence-corrected chi connectivity index (χ2v) is 5.63. The Kier molecular flexibility index (Phi) is 4.94. The Hall–Kier alpha value is -0.0400. The summed E-state index contributed by atoms with van der Waals surface area (Å²) in [6.45, 7) is 13.4. The van der Waals surface area contributed by atoms with Crippen LogP contribution in [0.25, 0.3) is 0 Å². The van der Waals surface area contributed by atoms with Crippen molar-refractivity contribution in [2.24, 2.45) is 17.8 Å². The van der Waals surface area contributed by atoms with Crippen LogP contribution in [0.5, 0.6) is 0 Å². The molecule has 1 heteroatoms. The minimum absolute atomic E-state index is 0.856.